The summed E-state index contributed by atoms with van der Waals surface area (Å²) in [6.45, 7) is 1.59. The fourth-order valence-electron chi connectivity index (χ4n) is 0.817. The van der Waals surface area contributed by atoms with Gasteiger partial charge in [-0.2, -0.15) is 13.2 Å². The molecule has 1 aromatic rings. The smallest absolute Gasteiger partial charge is 0.285 e. The second-order valence-corrected chi connectivity index (χ2v) is 2.43. The molecule has 0 bridgehead atoms. The van der Waals surface area contributed by atoms with Crippen LogP contribution >= 0.6 is 0 Å². The van der Waals surface area contributed by atoms with Gasteiger partial charge in [-0.3, -0.25) is 5.21 Å². The summed E-state index contributed by atoms with van der Waals surface area (Å²) >= 11 is 0. The number of aromatic nitrogens is 1. The van der Waals surface area contributed by atoms with Gasteiger partial charge in [0.1, 0.15) is 0 Å². The molecule has 0 aliphatic rings. The maximum absolute atomic E-state index is 12.0. The Balaban J connectivity index is 3.19. The Labute approximate surface area is 66.8 Å². The first-order valence-corrected chi connectivity index (χ1v) is 3.20. The Bertz CT molecular complexity index is 295. The van der Waals surface area contributed by atoms with Crippen molar-refractivity contribution in [2.75, 3.05) is 0 Å². The second-order valence-electron chi connectivity index (χ2n) is 2.43. The summed E-state index contributed by atoms with van der Waals surface area (Å²) in [5.74, 6) is 0. The highest BCUT2D eigenvalue weighted by molar-refractivity contribution is 5.08. The molecule has 0 atom stereocenters. The van der Waals surface area contributed by atoms with Crippen molar-refractivity contribution in [3.05, 3.63) is 29.6 Å². The van der Waals surface area contributed by atoms with Gasteiger partial charge in [-0.15, -0.1) is 0 Å². The predicted molar refractivity (Wildman–Crippen MR) is 33.6 cm³/mol. The van der Waals surface area contributed by atoms with E-state index in [1.54, 1.807) is 6.92 Å². The van der Waals surface area contributed by atoms with Gasteiger partial charge in [0, 0.05) is 16.4 Å². The molecule has 0 aromatic carbocycles. The molecule has 0 amide bonds. The fraction of sp³-hybridized carbons (Fsp3) is 0.286. The second kappa shape index (κ2) is 2.66. The number of rotatable bonds is 0. The van der Waals surface area contributed by atoms with E-state index in [-0.39, 0.29) is 4.73 Å². The Hall–Kier alpha value is -1.26. The van der Waals surface area contributed by atoms with E-state index in [1.807, 2.05) is 0 Å². The van der Waals surface area contributed by atoms with Crippen LogP contribution in [-0.2, 0) is 6.18 Å². The van der Waals surface area contributed by atoms with E-state index in [0.29, 0.717) is 5.56 Å². The average Bonchev–Trinajstić information content (AvgIpc) is 1.83. The fourth-order valence-corrected chi connectivity index (χ4v) is 0.817. The quantitative estimate of drug-likeness (QED) is 0.473. The van der Waals surface area contributed by atoms with Gasteiger partial charge in [0.25, 0.3) is 0 Å². The molecule has 0 fully saturated rings. The van der Waals surface area contributed by atoms with Gasteiger partial charge in [0.05, 0.1) is 0 Å². The molecule has 0 aliphatic heterocycles. The molecule has 1 aromatic heterocycles. The van der Waals surface area contributed by atoms with Crippen LogP contribution in [0.2, 0.25) is 0 Å². The number of alkyl halides is 3. The van der Waals surface area contributed by atoms with Crippen LogP contribution in [0.3, 0.4) is 0 Å². The van der Waals surface area contributed by atoms with Crippen LogP contribution in [0.15, 0.2) is 18.3 Å². The highest BCUT2D eigenvalue weighted by Crippen LogP contribution is 2.25. The molecule has 0 aliphatic carbocycles. The number of nitrogens with zero attached hydrogens (tertiary/aromatic N) is 1. The molecule has 66 valence electrons. The van der Waals surface area contributed by atoms with Gasteiger partial charge in [0.15, 0.2) is 0 Å². The van der Waals surface area contributed by atoms with Crippen LogP contribution in [0.5, 0.6) is 0 Å². The van der Waals surface area contributed by atoms with Gasteiger partial charge in [-0.1, -0.05) is 0 Å². The van der Waals surface area contributed by atoms with E-state index in [4.69, 9.17) is 5.21 Å². The minimum Gasteiger partial charge on any atom is -0.285 e. The van der Waals surface area contributed by atoms with Crippen LogP contribution in [-0.4, -0.2) is 5.21 Å². The van der Waals surface area contributed by atoms with Crippen molar-refractivity contribution in [2.45, 2.75) is 13.1 Å². The first-order chi connectivity index (χ1) is 5.41. The number of pyridine rings is 1. The molecule has 5 heteroatoms. The molecule has 0 radical (unpaired) electrons. The molecular weight excluding hydrogens is 171 g/mol. The standard InChI is InChI=1S/C7H7F3NO/c1-5-2-3-6(7(8,9)10)11(12)4-5/h2-4,12H,1H3/q+1. The predicted octanol–water partition coefficient (Wildman–Crippen LogP) is 1.54. The molecule has 12 heavy (non-hydrogen) atoms. The van der Waals surface area contributed by atoms with Gasteiger partial charge in [-0.25, -0.2) is 0 Å². The molecule has 1 N–H and O–H groups in total. The zero-order valence-corrected chi connectivity index (χ0v) is 6.26. The summed E-state index contributed by atoms with van der Waals surface area (Å²) in [7, 11) is 0. The molecular formula is C7H7F3NO+. The monoisotopic (exact) mass is 178 g/mol. The first kappa shape index (κ1) is 8.83. The molecule has 1 heterocycles. The van der Waals surface area contributed by atoms with Gasteiger partial charge in [0.2, 0.25) is 6.20 Å². The molecule has 0 saturated heterocycles. The third-order valence-electron chi connectivity index (χ3n) is 1.37. The van der Waals surface area contributed by atoms with Crippen LogP contribution < -0.4 is 4.73 Å². The van der Waals surface area contributed by atoms with Gasteiger partial charge < -0.3 is 0 Å². The molecule has 0 spiro atoms. The van der Waals surface area contributed by atoms with Crippen molar-refractivity contribution < 1.29 is 23.1 Å². The van der Waals surface area contributed by atoms with Crippen molar-refractivity contribution in [1.29, 1.82) is 0 Å². The third-order valence-corrected chi connectivity index (χ3v) is 1.37. The average molecular weight is 178 g/mol. The number of aryl methyl sites for hydroxylation is 1. The van der Waals surface area contributed by atoms with Crippen molar-refractivity contribution in [3.63, 3.8) is 0 Å². The molecule has 0 saturated carbocycles. The van der Waals surface area contributed by atoms with E-state index in [0.717, 1.165) is 12.3 Å². The maximum atomic E-state index is 12.0. The molecule has 2 nitrogen and oxygen atoms in total. The SMILES string of the molecule is Cc1ccc(C(F)(F)F)[n+](O)c1. The summed E-state index contributed by atoms with van der Waals surface area (Å²) in [6.07, 6.45) is -3.51. The number of halogens is 3. The largest absolute Gasteiger partial charge is 0.482 e. The van der Waals surface area contributed by atoms with Crippen LogP contribution in [0.1, 0.15) is 11.3 Å². The van der Waals surface area contributed by atoms with E-state index in [9.17, 15) is 13.2 Å². The highest BCUT2D eigenvalue weighted by Gasteiger charge is 2.41. The van der Waals surface area contributed by atoms with Crippen molar-refractivity contribution >= 4 is 0 Å². The topological polar surface area (TPSA) is 24.1 Å². The lowest BCUT2D eigenvalue weighted by molar-refractivity contribution is -0.915. The first-order valence-electron chi connectivity index (χ1n) is 3.20. The lowest BCUT2D eigenvalue weighted by atomic mass is 10.3. The van der Waals surface area contributed by atoms with Crippen molar-refractivity contribution in [3.8, 4) is 0 Å². The molecule has 1 rings (SSSR count). The zero-order valence-electron chi connectivity index (χ0n) is 6.26. The number of hydrogen-bond acceptors (Lipinski definition) is 1. The maximum Gasteiger partial charge on any atom is 0.482 e. The normalized spacial score (nSPS) is 11.7. The van der Waals surface area contributed by atoms with E-state index >= 15 is 0 Å². The van der Waals surface area contributed by atoms with E-state index in [1.165, 1.54) is 6.07 Å². The Morgan fingerprint density at radius 3 is 2.33 bits per heavy atom. The summed E-state index contributed by atoms with van der Waals surface area (Å²) in [6, 6.07) is 2.12. The lowest BCUT2D eigenvalue weighted by Gasteiger charge is -2.00. The lowest BCUT2D eigenvalue weighted by Crippen LogP contribution is -2.39. The summed E-state index contributed by atoms with van der Waals surface area (Å²) < 4.78 is 36.1. The molecule has 0 unspecified atom stereocenters. The van der Waals surface area contributed by atoms with E-state index < -0.39 is 11.9 Å². The Kier molecular flexibility index (Phi) is 1.95. The summed E-state index contributed by atoms with van der Waals surface area (Å²) in [5.41, 5.74) is -0.515. The van der Waals surface area contributed by atoms with Crippen LogP contribution in [0.25, 0.3) is 0 Å². The minimum absolute atomic E-state index is 0.0787. The van der Waals surface area contributed by atoms with Crippen LogP contribution in [0, 0.1) is 6.92 Å². The summed E-state index contributed by atoms with van der Waals surface area (Å²) in [5, 5.41) is 8.82. The minimum atomic E-state index is -4.51. The van der Waals surface area contributed by atoms with E-state index in [2.05, 4.69) is 0 Å². The van der Waals surface area contributed by atoms with Gasteiger partial charge >= 0.3 is 11.9 Å². The number of hydrogen-bond donors (Lipinski definition) is 1. The van der Waals surface area contributed by atoms with Crippen molar-refractivity contribution in [2.24, 2.45) is 0 Å². The summed E-state index contributed by atoms with van der Waals surface area (Å²) in [4.78, 5) is 0. The third kappa shape index (κ3) is 1.66. The van der Waals surface area contributed by atoms with Crippen molar-refractivity contribution in [1.82, 2.24) is 0 Å². The zero-order chi connectivity index (χ0) is 9.35. The Morgan fingerprint density at radius 1 is 1.33 bits per heavy atom. The van der Waals surface area contributed by atoms with Crippen LogP contribution in [0.4, 0.5) is 13.2 Å². The highest BCUT2D eigenvalue weighted by atomic mass is 19.4. The van der Waals surface area contributed by atoms with Gasteiger partial charge in [-0.05, 0) is 13.0 Å². The Morgan fingerprint density at radius 2 is 1.92 bits per heavy atom.